The number of H-pyrrole nitrogens is 1. The Morgan fingerprint density at radius 3 is 2.91 bits per heavy atom. The van der Waals surface area contributed by atoms with Crippen molar-refractivity contribution in [2.75, 3.05) is 6.54 Å². The minimum Gasteiger partial charge on any atom is -0.361 e. The van der Waals surface area contributed by atoms with E-state index in [4.69, 9.17) is 0 Å². The molecule has 0 aliphatic rings. The molecule has 112 valence electrons. The highest BCUT2D eigenvalue weighted by molar-refractivity contribution is 5.94. The molecule has 0 atom stereocenters. The molecule has 0 spiro atoms. The largest absolute Gasteiger partial charge is 0.361 e. The molecule has 0 saturated heterocycles. The Hall–Kier alpha value is -2.62. The molecular weight excluding hydrogens is 279 g/mol. The van der Waals surface area contributed by atoms with Gasteiger partial charge in [0, 0.05) is 29.2 Å². The maximum atomic E-state index is 13.1. The Kier molecular flexibility index (Phi) is 3.92. The summed E-state index contributed by atoms with van der Waals surface area (Å²) in [5.41, 5.74) is 3.81. The molecule has 3 rings (SSSR count). The van der Waals surface area contributed by atoms with Gasteiger partial charge in [0.25, 0.3) is 5.91 Å². The number of rotatable bonds is 4. The van der Waals surface area contributed by atoms with Crippen LogP contribution in [0.15, 0.2) is 48.7 Å². The van der Waals surface area contributed by atoms with Crippen LogP contribution in [-0.4, -0.2) is 17.4 Å². The molecule has 0 fully saturated rings. The molecule has 0 saturated carbocycles. The fourth-order valence-electron chi connectivity index (χ4n) is 2.54. The number of aromatic nitrogens is 1. The molecule has 0 aliphatic heterocycles. The van der Waals surface area contributed by atoms with E-state index in [0.29, 0.717) is 12.1 Å². The summed E-state index contributed by atoms with van der Waals surface area (Å²) in [6, 6.07) is 12.0. The molecule has 1 amide bonds. The van der Waals surface area contributed by atoms with Crippen LogP contribution in [0, 0.1) is 12.7 Å². The molecule has 0 bridgehead atoms. The second-order valence-corrected chi connectivity index (χ2v) is 5.38. The predicted octanol–water partition coefficient (Wildman–Crippen LogP) is 3.59. The van der Waals surface area contributed by atoms with Gasteiger partial charge in [0.15, 0.2) is 0 Å². The zero-order valence-electron chi connectivity index (χ0n) is 12.3. The number of halogens is 1. The van der Waals surface area contributed by atoms with Crippen LogP contribution < -0.4 is 5.32 Å². The topological polar surface area (TPSA) is 44.9 Å². The Morgan fingerprint density at radius 2 is 2.09 bits per heavy atom. The van der Waals surface area contributed by atoms with E-state index < -0.39 is 5.82 Å². The van der Waals surface area contributed by atoms with Gasteiger partial charge in [-0.3, -0.25) is 4.79 Å². The fraction of sp³-hybridized carbons (Fsp3) is 0.167. The zero-order valence-corrected chi connectivity index (χ0v) is 12.3. The summed E-state index contributed by atoms with van der Waals surface area (Å²) >= 11 is 0. The van der Waals surface area contributed by atoms with Crippen molar-refractivity contribution in [3.05, 3.63) is 71.2 Å². The van der Waals surface area contributed by atoms with Crippen LogP contribution in [0.3, 0.4) is 0 Å². The lowest BCUT2D eigenvalue weighted by Gasteiger charge is -2.05. The van der Waals surface area contributed by atoms with Crippen LogP contribution in [0.4, 0.5) is 4.39 Å². The SMILES string of the molecule is Cc1ccc2[nH]cc(CCNC(=O)c3cccc(F)c3)c2c1. The third kappa shape index (κ3) is 3.01. The smallest absolute Gasteiger partial charge is 0.251 e. The lowest BCUT2D eigenvalue weighted by molar-refractivity contribution is 0.0953. The number of hydrogen-bond donors (Lipinski definition) is 2. The first kappa shape index (κ1) is 14.3. The highest BCUT2D eigenvalue weighted by atomic mass is 19.1. The molecule has 4 heteroatoms. The average Bonchev–Trinajstić information content (AvgIpc) is 2.89. The number of amides is 1. The Balaban J connectivity index is 1.65. The number of hydrogen-bond acceptors (Lipinski definition) is 1. The van der Waals surface area contributed by atoms with E-state index in [9.17, 15) is 9.18 Å². The van der Waals surface area contributed by atoms with Gasteiger partial charge in [0.05, 0.1) is 0 Å². The van der Waals surface area contributed by atoms with Gasteiger partial charge in [-0.05, 0) is 49.2 Å². The van der Waals surface area contributed by atoms with E-state index in [1.165, 1.54) is 34.7 Å². The second kappa shape index (κ2) is 6.02. The molecule has 2 N–H and O–H groups in total. The summed E-state index contributed by atoms with van der Waals surface area (Å²) in [4.78, 5) is 15.2. The van der Waals surface area contributed by atoms with Crippen molar-refractivity contribution in [3.63, 3.8) is 0 Å². The number of aryl methyl sites for hydroxylation is 1. The highest BCUT2D eigenvalue weighted by Crippen LogP contribution is 2.19. The number of benzene rings is 2. The lowest BCUT2D eigenvalue weighted by atomic mass is 10.1. The molecule has 0 unspecified atom stereocenters. The third-order valence-corrected chi connectivity index (χ3v) is 3.69. The summed E-state index contributed by atoms with van der Waals surface area (Å²) in [5.74, 6) is -0.657. The zero-order chi connectivity index (χ0) is 15.5. The predicted molar refractivity (Wildman–Crippen MR) is 85.5 cm³/mol. The maximum absolute atomic E-state index is 13.1. The van der Waals surface area contributed by atoms with Crippen molar-refractivity contribution >= 4 is 16.8 Å². The number of carbonyl (C=O) groups is 1. The van der Waals surface area contributed by atoms with Crippen molar-refractivity contribution in [1.29, 1.82) is 0 Å². The average molecular weight is 296 g/mol. The third-order valence-electron chi connectivity index (χ3n) is 3.69. The highest BCUT2D eigenvalue weighted by Gasteiger charge is 2.07. The Morgan fingerprint density at radius 1 is 1.23 bits per heavy atom. The van der Waals surface area contributed by atoms with Crippen LogP contribution in [0.25, 0.3) is 10.9 Å². The second-order valence-electron chi connectivity index (χ2n) is 5.38. The van der Waals surface area contributed by atoms with E-state index in [1.807, 2.05) is 6.20 Å². The standard InChI is InChI=1S/C18H17FN2O/c1-12-5-6-17-16(9-12)14(11-21-17)7-8-20-18(22)13-3-2-4-15(19)10-13/h2-6,9-11,21H,7-8H2,1H3,(H,20,22). The van der Waals surface area contributed by atoms with Crippen molar-refractivity contribution < 1.29 is 9.18 Å². The number of fused-ring (bicyclic) bond motifs is 1. The van der Waals surface area contributed by atoms with Crippen molar-refractivity contribution in [2.24, 2.45) is 0 Å². The van der Waals surface area contributed by atoms with Crippen LogP contribution in [-0.2, 0) is 6.42 Å². The van der Waals surface area contributed by atoms with Gasteiger partial charge in [-0.2, -0.15) is 0 Å². The first-order chi connectivity index (χ1) is 10.6. The van der Waals surface area contributed by atoms with Gasteiger partial charge in [0.2, 0.25) is 0 Å². The van der Waals surface area contributed by atoms with Crippen LogP contribution in [0.5, 0.6) is 0 Å². The van der Waals surface area contributed by atoms with E-state index in [0.717, 1.165) is 11.9 Å². The Bertz CT molecular complexity index is 823. The van der Waals surface area contributed by atoms with Gasteiger partial charge >= 0.3 is 0 Å². The van der Waals surface area contributed by atoms with E-state index in [2.05, 4.69) is 35.4 Å². The van der Waals surface area contributed by atoms with Crippen molar-refractivity contribution in [2.45, 2.75) is 13.3 Å². The molecule has 1 aromatic heterocycles. The van der Waals surface area contributed by atoms with Gasteiger partial charge in [-0.15, -0.1) is 0 Å². The molecule has 1 heterocycles. The molecule has 3 aromatic rings. The van der Waals surface area contributed by atoms with Crippen LogP contribution in [0.2, 0.25) is 0 Å². The summed E-state index contributed by atoms with van der Waals surface area (Å²) in [7, 11) is 0. The van der Waals surface area contributed by atoms with Crippen LogP contribution >= 0.6 is 0 Å². The summed E-state index contributed by atoms with van der Waals surface area (Å²) < 4.78 is 13.1. The van der Waals surface area contributed by atoms with Gasteiger partial charge in [-0.25, -0.2) is 4.39 Å². The number of carbonyl (C=O) groups excluding carboxylic acids is 1. The number of nitrogens with one attached hydrogen (secondary N) is 2. The minimum atomic E-state index is -0.403. The monoisotopic (exact) mass is 296 g/mol. The van der Waals surface area contributed by atoms with Gasteiger partial charge < -0.3 is 10.3 Å². The van der Waals surface area contributed by atoms with E-state index in [1.54, 1.807) is 6.07 Å². The normalized spacial score (nSPS) is 10.8. The van der Waals surface area contributed by atoms with Crippen molar-refractivity contribution in [3.8, 4) is 0 Å². The molecule has 3 nitrogen and oxygen atoms in total. The van der Waals surface area contributed by atoms with Gasteiger partial charge in [0.1, 0.15) is 5.82 Å². The molecule has 2 aromatic carbocycles. The molecule has 0 aliphatic carbocycles. The lowest BCUT2D eigenvalue weighted by Crippen LogP contribution is -2.25. The van der Waals surface area contributed by atoms with E-state index in [-0.39, 0.29) is 5.91 Å². The van der Waals surface area contributed by atoms with E-state index >= 15 is 0 Å². The first-order valence-corrected chi connectivity index (χ1v) is 7.24. The fourth-order valence-corrected chi connectivity index (χ4v) is 2.54. The summed E-state index contributed by atoms with van der Waals surface area (Å²) in [5, 5.41) is 4.00. The molecule has 22 heavy (non-hydrogen) atoms. The maximum Gasteiger partial charge on any atom is 0.251 e. The Labute approximate surface area is 128 Å². The molecular formula is C18H17FN2O. The summed E-state index contributed by atoms with van der Waals surface area (Å²) in [6.45, 7) is 2.57. The summed E-state index contributed by atoms with van der Waals surface area (Å²) in [6.07, 6.45) is 2.70. The van der Waals surface area contributed by atoms with Crippen molar-refractivity contribution in [1.82, 2.24) is 10.3 Å². The van der Waals surface area contributed by atoms with Gasteiger partial charge in [-0.1, -0.05) is 17.7 Å². The number of aromatic amines is 1. The molecule has 0 radical (unpaired) electrons. The first-order valence-electron chi connectivity index (χ1n) is 7.24. The van der Waals surface area contributed by atoms with Crippen LogP contribution in [0.1, 0.15) is 21.5 Å². The quantitative estimate of drug-likeness (QED) is 0.759. The minimum absolute atomic E-state index is 0.254.